The number of para-hydroxylation sites is 1. The minimum absolute atomic E-state index is 0.148. The highest BCUT2D eigenvalue weighted by molar-refractivity contribution is 7.91. The average Bonchev–Trinajstić information content (AvgIpc) is 2.93. The van der Waals surface area contributed by atoms with E-state index >= 15 is 0 Å². The Morgan fingerprint density at radius 3 is 2.71 bits per heavy atom. The molecule has 2 N–H and O–H groups in total. The number of aromatic nitrogens is 4. The number of nitrogens with zero attached hydrogens (tertiary/aromatic N) is 4. The molecule has 3 rings (SSSR count). The van der Waals surface area contributed by atoms with Gasteiger partial charge in [-0.05, 0) is 12.1 Å². The number of aryl methyl sites for hydroxylation is 1. The molecule has 0 atom stereocenters. The van der Waals surface area contributed by atoms with Crippen LogP contribution in [0.15, 0.2) is 27.6 Å². The number of hydrogen-bond acceptors (Lipinski definition) is 7. The number of rotatable bonds is 3. The second-order valence-corrected chi connectivity index (χ2v) is 6.67. The van der Waals surface area contributed by atoms with Crippen molar-refractivity contribution < 1.29 is 12.9 Å². The van der Waals surface area contributed by atoms with Gasteiger partial charge < -0.3 is 14.8 Å². The van der Waals surface area contributed by atoms with Gasteiger partial charge in [0.1, 0.15) is 5.52 Å². The normalized spacial score (nSPS) is 12.1. The summed E-state index contributed by atoms with van der Waals surface area (Å²) in [6, 6.07) is 4.91. The van der Waals surface area contributed by atoms with Gasteiger partial charge in [-0.3, -0.25) is 0 Å². The van der Waals surface area contributed by atoms with Crippen LogP contribution in [0.3, 0.4) is 0 Å². The molecule has 0 spiro atoms. The molecule has 0 amide bonds. The van der Waals surface area contributed by atoms with Crippen molar-refractivity contribution in [2.45, 2.75) is 18.4 Å². The molecular formula is C12H13N5O3S. The lowest BCUT2D eigenvalue weighted by Gasteiger charge is -2.03. The summed E-state index contributed by atoms with van der Waals surface area (Å²) in [5.41, 5.74) is 6.85. The highest BCUT2D eigenvalue weighted by atomic mass is 32.2. The molecule has 0 fully saturated rings. The number of sulfone groups is 1. The van der Waals surface area contributed by atoms with Crippen LogP contribution in [0.5, 0.6) is 0 Å². The van der Waals surface area contributed by atoms with E-state index in [1.165, 1.54) is 6.07 Å². The molecule has 9 heteroatoms. The zero-order valence-corrected chi connectivity index (χ0v) is 12.3. The summed E-state index contributed by atoms with van der Waals surface area (Å²) in [6.45, 7) is 1.94. The molecule has 21 heavy (non-hydrogen) atoms. The molecule has 0 radical (unpaired) electrons. The van der Waals surface area contributed by atoms with Gasteiger partial charge in [0, 0.05) is 13.2 Å². The second kappa shape index (κ2) is 4.55. The third kappa shape index (κ3) is 2.35. The molecule has 0 unspecified atom stereocenters. The van der Waals surface area contributed by atoms with Gasteiger partial charge in [0.15, 0.2) is 15.7 Å². The standard InChI is InChI=1S/C12H13N5O3S/c1-7-14-10(16-20-7)6-17-8-4-3-5-9(21(2,18)19)11(8)15-12(17)13/h3-5H,6H2,1-2H3,(H2,13,15). The molecule has 0 saturated heterocycles. The van der Waals surface area contributed by atoms with Crippen LogP contribution >= 0.6 is 0 Å². The minimum Gasteiger partial charge on any atom is -0.369 e. The molecule has 0 bridgehead atoms. The first-order valence-corrected chi connectivity index (χ1v) is 7.99. The van der Waals surface area contributed by atoms with Crippen LogP contribution in [0.25, 0.3) is 11.0 Å². The summed E-state index contributed by atoms with van der Waals surface area (Å²) in [6.07, 6.45) is 1.14. The van der Waals surface area contributed by atoms with E-state index in [2.05, 4.69) is 15.1 Å². The number of fused-ring (bicyclic) bond motifs is 1. The summed E-state index contributed by atoms with van der Waals surface area (Å²) in [5.74, 6) is 1.09. The third-order valence-electron chi connectivity index (χ3n) is 3.04. The van der Waals surface area contributed by atoms with Crippen molar-refractivity contribution in [3.63, 3.8) is 0 Å². The van der Waals surface area contributed by atoms with E-state index in [4.69, 9.17) is 10.3 Å². The molecule has 0 aliphatic rings. The Balaban J connectivity index is 2.18. The topological polar surface area (TPSA) is 117 Å². The van der Waals surface area contributed by atoms with Gasteiger partial charge in [0.2, 0.25) is 11.8 Å². The van der Waals surface area contributed by atoms with Gasteiger partial charge in [-0.1, -0.05) is 11.2 Å². The van der Waals surface area contributed by atoms with E-state index in [0.717, 1.165) is 6.26 Å². The first-order valence-electron chi connectivity index (χ1n) is 6.10. The highest BCUT2D eigenvalue weighted by Crippen LogP contribution is 2.25. The van der Waals surface area contributed by atoms with Crippen LogP contribution in [-0.2, 0) is 16.4 Å². The summed E-state index contributed by atoms with van der Waals surface area (Å²) in [4.78, 5) is 8.41. The van der Waals surface area contributed by atoms with Crippen molar-refractivity contribution in [1.82, 2.24) is 19.7 Å². The van der Waals surface area contributed by atoms with Crippen LogP contribution in [0.4, 0.5) is 5.95 Å². The van der Waals surface area contributed by atoms with Crippen molar-refractivity contribution in [1.29, 1.82) is 0 Å². The fourth-order valence-electron chi connectivity index (χ4n) is 2.15. The van der Waals surface area contributed by atoms with Gasteiger partial charge in [-0.25, -0.2) is 13.4 Å². The fraction of sp³-hybridized carbons (Fsp3) is 0.250. The maximum absolute atomic E-state index is 11.8. The smallest absolute Gasteiger partial charge is 0.223 e. The maximum atomic E-state index is 11.8. The Kier molecular flexibility index (Phi) is 2.94. The highest BCUT2D eigenvalue weighted by Gasteiger charge is 2.18. The summed E-state index contributed by atoms with van der Waals surface area (Å²) < 4.78 is 30.2. The van der Waals surface area contributed by atoms with Crippen LogP contribution < -0.4 is 5.73 Å². The first-order chi connectivity index (χ1) is 9.86. The predicted octanol–water partition coefficient (Wildman–Crippen LogP) is 0.762. The number of nitrogen functional groups attached to an aromatic ring is 1. The SMILES string of the molecule is Cc1nc(Cn2c(N)nc3c(S(C)(=O)=O)cccc32)no1. The van der Waals surface area contributed by atoms with Crippen LogP contribution in [-0.4, -0.2) is 34.4 Å². The lowest BCUT2D eigenvalue weighted by Crippen LogP contribution is -2.06. The van der Waals surface area contributed by atoms with Gasteiger partial charge >= 0.3 is 0 Å². The Morgan fingerprint density at radius 2 is 2.10 bits per heavy atom. The molecule has 2 aromatic heterocycles. The summed E-state index contributed by atoms with van der Waals surface area (Å²) in [5, 5.41) is 3.80. The van der Waals surface area contributed by atoms with E-state index in [9.17, 15) is 8.42 Å². The lowest BCUT2D eigenvalue weighted by molar-refractivity contribution is 0.386. The minimum atomic E-state index is -3.38. The van der Waals surface area contributed by atoms with E-state index in [0.29, 0.717) is 22.7 Å². The second-order valence-electron chi connectivity index (χ2n) is 4.68. The van der Waals surface area contributed by atoms with Crippen LogP contribution in [0, 0.1) is 6.92 Å². The molecular weight excluding hydrogens is 294 g/mol. The van der Waals surface area contributed by atoms with Crippen molar-refractivity contribution in [3.8, 4) is 0 Å². The van der Waals surface area contributed by atoms with E-state index in [1.54, 1.807) is 23.6 Å². The maximum Gasteiger partial charge on any atom is 0.223 e. The zero-order valence-electron chi connectivity index (χ0n) is 11.4. The first kappa shape index (κ1) is 13.6. The molecule has 0 saturated carbocycles. The molecule has 0 aliphatic carbocycles. The molecule has 110 valence electrons. The average molecular weight is 307 g/mol. The van der Waals surface area contributed by atoms with Crippen molar-refractivity contribution >= 4 is 26.8 Å². The Labute approximate surface area is 120 Å². The largest absolute Gasteiger partial charge is 0.369 e. The van der Waals surface area contributed by atoms with Gasteiger partial charge in [0.05, 0.1) is 17.0 Å². The van der Waals surface area contributed by atoms with Crippen molar-refractivity contribution in [2.75, 3.05) is 12.0 Å². The number of imidazole rings is 1. The summed E-state index contributed by atoms with van der Waals surface area (Å²) in [7, 11) is -3.38. The molecule has 0 aliphatic heterocycles. The number of hydrogen-bond donors (Lipinski definition) is 1. The lowest BCUT2D eigenvalue weighted by atomic mass is 10.3. The monoisotopic (exact) mass is 307 g/mol. The van der Waals surface area contributed by atoms with Gasteiger partial charge in [0.25, 0.3) is 0 Å². The van der Waals surface area contributed by atoms with Crippen LogP contribution in [0.2, 0.25) is 0 Å². The molecule has 2 heterocycles. The van der Waals surface area contributed by atoms with E-state index in [1.807, 2.05) is 0 Å². The zero-order chi connectivity index (χ0) is 15.2. The predicted molar refractivity (Wildman–Crippen MR) is 75.4 cm³/mol. The van der Waals surface area contributed by atoms with Gasteiger partial charge in [-0.15, -0.1) is 0 Å². The third-order valence-corrected chi connectivity index (χ3v) is 4.17. The van der Waals surface area contributed by atoms with E-state index in [-0.39, 0.29) is 17.4 Å². The Hall–Kier alpha value is -2.42. The molecule has 1 aromatic carbocycles. The summed E-state index contributed by atoms with van der Waals surface area (Å²) >= 11 is 0. The number of nitrogens with two attached hydrogens (primary N) is 1. The van der Waals surface area contributed by atoms with Crippen molar-refractivity contribution in [2.24, 2.45) is 0 Å². The van der Waals surface area contributed by atoms with Crippen molar-refractivity contribution in [3.05, 3.63) is 29.9 Å². The quantitative estimate of drug-likeness (QED) is 0.759. The number of benzene rings is 1. The van der Waals surface area contributed by atoms with Gasteiger partial charge in [-0.2, -0.15) is 4.98 Å². The van der Waals surface area contributed by atoms with Crippen LogP contribution in [0.1, 0.15) is 11.7 Å². The Bertz CT molecular complexity index is 926. The fourth-order valence-corrected chi connectivity index (χ4v) is 2.98. The number of anilines is 1. The Morgan fingerprint density at radius 1 is 1.33 bits per heavy atom. The molecule has 3 aromatic rings. The molecule has 8 nitrogen and oxygen atoms in total. The van der Waals surface area contributed by atoms with E-state index < -0.39 is 9.84 Å².